The Labute approximate surface area is 161 Å². The quantitative estimate of drug-likeness (QED) is 0.508. The molecule has 1 aliphatic heterocycles. The number of aromatic amines is 1. The molecule has 3 aromatic rings. The third-order valence-electron chi connectivity index (χ3n) is 4.33. The number of esters is 1. The number of benzene rings is 2. The first kappa shape index (κ1) is 17.4. The number of ether oxygens (including phenoxy) is 1. The molecule has 0 atom stereocenters. The van der Waals surface area contributed by atoms with E-state index >= 15 is 0 Å². The van der Waals surface area contributed by atoms with Gasteiger partial charge >= 0.3 is 5.97 Å². The van der Waals surface area contributed by atoms with Crippen LogP contribution in [0.4, 0.5) is 11.4 Å². The Kier molecular flexibility index (Phi) is 4.98. The lowest BCUT2D eigenvalue weighted by molar-refractivity contribution is -0.142. The molecular weight excluding hydrogens is 360 g/mol. The van der Waals surface area contributed by atoms with Gasteiger partial charge in [-0.25, -0.2) is 0 Å². The Morgan fingerprint density at radius 2 is 1.59 bits per heavy atom. The van der Waals surface area contributed by atoms with Crippen LogP contribution in [0.25, 0.3) is 0 Å². The van der Waals surface area contributed by atoms with Crippen LogP contribution in [0.5, 0.6) is 0 Å². The van der Waals surface area contributed by atoms with Crippen molar-refractivity contribution in [2.75, 3.05) is 18.1 Å². The van der Waals surface area contributed by atoms with Crippen molar-refractivity contribution in [3.8, 4) is 0 Å². The minimum Gasteiger partial charge on any atom is -0.457 e. The normalized spacial score (nSPS) is 12.2. The molecule has 1 aromatic heterocycles. The Balaban J connectivity index is 1.42. The second-order valence-electron chi connectivity index (χ2n) is 6.11. The lowest BCUT2D eigenvalue weighted by Gasteiger charge is -2.32. The Bertz CT molecular complexity index is 924. The number of carbonyl (C=O) groups is 2. The molecule has 0 saturated heterocycles. The van der Waals surface area contributed by atoms with E-state index in [9.17, 15) is 9.59 Å². The van der Waals surface area contributed by atoms with E-state index in [2.05, 4.69) is 34.1 Å². The van der Waals surface area contributed by atoms with Gasteiger partial charge in [-0.15, -0.1) is 0 Å². The van der Waals surface area contributed by atoms with Gasteiger partial charge in [0, 0.05) is 22.5 Å². The van der Waals surface area contributed by atoms with Crippen LogP contribution in [-0.4, -0.2) is 29.9 Å². The largest absolute Gasteiger partial charge is 0.457 e. The molecule has 1 N–H and O–H groups in total. The van der Waals surface area contributed by atoms with Gasteiger partial charge in [-0.1, -0.05) is 36.0 Å². The number of ketones is 1. The molecule has 6 heteroatoms. The predicted octanol–water partition coefficient (Wildman–Crippen LogP) is 4.43. The number of fused-ring (bicyclic) bond motifs is 2. The molecule has 2 heterocycles. The molecule has 1 aliphatic rings. The zero-order valence-electron chi connectivity index (χ0n) is 14.6. The molecule has 0 amide bonds. The average molecular weight is 378 g/mol. The minimum atomic E-state index is -0.386. The molecule has 4 rings (SSSR count). The number of hydrogen-bond acceptors (Lipinski definition) is 5. The molecule has 2 aromatic carbocycles. The van der Waals surface area contributed by atoms with Crippen molar-refractivity contribution in [2.45, 2.75) is 16.2 Å². The van der Waals surface area contributed by atoms with E-state index in [1.165, 1.54) is 0 Å². The monoisotopic (exact) mass is 378 g/mol. The first-order valence-corrected chi connectivity index (χ1v) is 9.50. The fourth-order valence-electron chi connectivity index (χ4n) is 3.02. The summed E-state index contributed by atoms with van der Waals surface area (Å²) in [5, 5.41) is 0. The maximum atomic E-state index is 12.2. The van der Waals surface area contributed by atoms with Crippen LogP contribution >= 0.6 is 11.8 Å². The van der Waals surface area contributed by atoms with Crippen molar-refractivity contribution in [1.82, 2.24) is 4.98 Å². The van der Waals surface area contributed by atoms with E-state index in [1.807, 2.05) is 24.3 Å². The number of para-hydroxylation sites is 2. The van der Waals surface area contributed by atoms with Crippen LogP contribution in [0.2, 0.25) is 0 Å². The molecule has 0 radical (unpaired) electrons. The van der Waals surface area contributed by atoms with Gasteiger partial charge < -0.3 is 14.6 Å². The van der Waals surface area contributed by atoms with Gasteiger partial charge in [0.15, 0.2) is 6.61 Å². The van der Waals surface area contributed by atoms with Crippen molar-refractivity contribution in [2.24, 2.45) is 0 Å². The predicted molar refractivity (Wildman–Crippen MR) is 105 cm³/mol. The molecule has 27 heavy (non-hydrogen) atoms. The summed E-state index contributed by atoms with van der Waals surface area (Å²) >= 11 is 1.73. The number of nitrogens with one attached hydrogen (secondary N) is 1. The molecule has 0 unspecified atom stereocenters. The summed E-state index contributed by atoms with van der Waals surface area (Å²) in [6.45, 7) is 0.243. The van der Waals surface area contributed by atoms with Crippen LogP contribution in [-0.2, 0) is 9.53 Å². The summed E-state index contributed by atoms with van der Waals surface area (Å²) in [6.07, 6.45) is 1.86. The number of nitrogens with zero attached hydrogens (tertiary/aromatic N) is 1. The first-order valence-electron chi connectivity index (χ1n) is 8.68. The van der Waals surface area contributed by atoms with E-state index in [0.717, 1.165) is 21.2 Å². The van der Waals surface area contributed by atoms with Crippen molar-refractivity contribution in [1.29, 1.82) is 0 Å². The summed E-state index contributed by atoms with van der Waals surface area (Å²) in [5.74, 6) is -0.624. The van der Waals surface area contributed by atoms with E-state index in [4.69, 9.17) is 4.74 Å². The van der Waals surface area contributed by atoms with Gasteiger partial charge in [0.05, 0.1) is 23.5 Å². The zero-order valence-corrected chi connectivity index (χ0v) is 15.4. The number of hydrogen-bond donors (Lipinski definition) is 1. The molecule has 136 valence electrons. The summed E-state index contributed by atoms with van der Waals surface area (Å²) in [5.41, 5.74) is 2.60. The van der Waals surface area contributed by atoms with Crippen molar-refractivity contribution < 1.29 is 14.3 Å². The Morgan fingerprint density at radius 3 is 2.22 bits per heavy atom. The number of carbonyl (C=O) groups excluding carboxylic acids is 2. The highest BCUT2D eigenvalue weighted by atomic mass is 32.2. The maximum absolute atomic E-state index is 12.2. The third-order valence-corrected chi connectivity index (χ3v) is 5.46. The van der Waals surface area contributed by atoms with Gasteiger partial charge in [-0.2, -0.15) is 0 Å². The smallest absolute Gasteiger partial charge is 0.308 e. The molecule has 5 nitrogen and oxygen atoms in total. The van der Waals surface area contributed by atoms with Gasteiger partial charge in [0.25, 0.3) is 0 Å². The summed E-state index contributed by atoms with van der Waals surface area (Å²) < 4.78 is 5.15. The SMILES string of the molecule is O=C(CCN1c2ccccc2Sc2ccccc21)OCC(=O)c1ccc[nH]1. The maximum Gasteiger partial charge on any atom is 0.308 e. The fourth-order valence-corrected chi connectivity index (χ4v) is 4.12. The van der Waals surface area contributed by atoms with Crippen LogP contribution < -0.4 is 4.90 Å². The molecule has 0 bridgehead atoms. The van der Waals surface area contributed by atoms with Crippen LogP contribution in [0.15, 0.2) is 76.7 Å². The number of anilines is 2. The highest BCUT2D eigenvalue weighted by Crippen LogP contribution is 2.47. The lowest BCUT2D eigenvalue weighted by Crippen LogP contribution is -2.25. The highest BCUT2D eigenvalue weighted by Gasteiger charge is 2.23. The summed E-state index contributed by atoms with van der Waals surface area (Å²) in [6, 6.07) is 19.7. The van der Waals surface area contributed by atoms with Crippen LogP contribution in [0.1, 0.15) is 16.9 Å². The van der Waals surface area contributed by atoms with E-state index in [1.54, 1.807) is 30.1 Å². The molecule has 0 saturated carbocycles. The standard InChI is InChI=1S/C21H18N2O3S/c24-18(15-6-5-12-22-15)14-26-21(25)11-13-23-16-7-1-3-9-19(16)27-20-10-4-2-8-17(20)23/h1-10,12,22H,11,13-14H2. The van der Waals surface area contributed by atoms with Gasteiger partial charge in [-0.05, 0) is 36.4 Å². The van der Waals surface area contributed by atoms with Gasteiger partial charge in [0.1, 0.15) is 0 Å². The number of rotatable bonds is 6. The number of Topliss-reactive ketones (excluding diaryl/α,β-unsaturated/α-hetero) is 1. The van der Waals surface area contributed by atoms with E-state index in [-0.39, 0.29) is 24.8 Å². The molecule has 0 aliphatic carbocycles. The van der Waals surface area contributed by atoms with Crippen molar-refractivity contribution in [3.63, 3.8) is 0 Å². The second-order valence-corrected chi connectivity index (χ2v) is 7.19. The zero-order chi connectivity index (χ0) is 18.6. The summed E-state index contributed by atoms with van der Waals surface area (Å²) in [4.78, 5) is 31.4. The first-order chi connectivity index (χ1) is 13.2. The van der Waals surface area contributed by atoms with Crippen molar-refractivity contribution >= 4 is 34.9 Å². The fraction of sp³-hybridized carbons (Fsp3) is 0.143. The van der Waals surface area contributed by atoms with E-state index < -0.39 is 0 Å². The molecule has 0 fully saturated rings. The minimum absolute atomic E-state index is 0.200. The van der Waals surface area contributed by atoms with E-state index in [0.29, 0.717) is 12.2 Å². The third kappa shape index (κ3) is 3.75. The number of H-pyrrole nitrogens is 1. The second kappa shape index (κ2) is 7.72. The topological polar surface area (TPSA) is 62.4 Å². The van der Waals surface area contributed by atoms with Gasteiger partial charge in [-0.3, -0.25) is 9.59 Å². The number of aromatic nitrogens is 1. The van der Waals surface area contributed by atoms with Crippen LogP contribution in [0.3, 0.4) is 0 Å². The van der Waals surface area contributed by atoms with Crippen molar-refractivity contribution in [3.05, 3.63) is 72.6 Å². The average Bonchev–Trinajstić information content (AvgIpc) is 3.24. The Morgan fingerprint density at radius 1 is 0.926 bits per heavy atom. The molecule has 0 spiro atoms. The highest BCUT2D eigenvalue weighted by molar-refractivity contribution is 7.99. The molecular formula is C21H18N2O3S. The lowest BCUT2D eigenvalue weighted by atomic mass is 10.2. The Hall–Kier alpha value is -2.99. The van der Waals surface area contributed by atoms with Crippen LogP contribution in [0, 0.1) is 0 Å². The van der Waals surface area contributed by atoms with Gasteiger partial charge in [0.2, 0.25) is 5.78 Å². The summed E-state index contributed by atoms with van der Waals surface area (Å²) in [7, 11) is 0.